The second-order valence-electron chi connectivity index (χ2n) is 4.02. The predicted molar refractivity (Wildman–Crippen MR) is 76.0 cm³/mol. The molecule has 106 valence electrons. The highest BCUT2D eigenvalue weighted by atomic mass is 32.1. The monoisotopic (exact) mass is 293 g/mol. The molecule has 0 saturated heterocycles. The van der Waals surface area contributed by atoms with Gasteiger partial charge in [-0.3, -0.25) is 10.3 Å². The summed E-state index contributed by atoms with van der Waals surface area (Å²) in [6.07, 6.45) is 3.07. The van der Waals surface area contributed by atoms with Gasteiger partial charge in [-0.05, 0) is 13.8 Å². The minimum atomic E-state index is -0.330. The first-order valence-electron chi connectivity index (χ1n) is 5.92. The Morgan fingerprint density at radius 1 is 1.35 bits per heavy atom. The van der Waals surface area contributed by atoms with Gasteiger partial charge in [0, 0.05) is 4.88 Å². The van der Waals surface area contributed by atoms with Gasteiger partial charge < -0.3 is 10.1 Å². The van der Waals surface area contributed by atoms with Gasteiger partial charge in [0.25, 0.3) is 0 Å². The third-order valence-electron chi connectivity index (χ3n) is 2.55. The molecule has 0 fully saturated rings. The number of aromatic nitrogens is 3. The number of ether oxygens (including phenoxy) is 1. The second kappa shape index (κ2) is 6.29. The largest absolute Gasteiger partial charge is 0.480 e. The number of carbonyl (C=O) groups is 1. The molecule has 0 bridgehead atoms. The summed E-state index contributed by atoms with van der Waals surface area (Å²) < 4.78 is 4.96. The summed E-state index contributed by atoms with van der Waals surface area (Å²) in [7, 11) is 1.51. The number of hydrogen-bond acceptors (Lipinski definition) is 6. The van der Waals surface area contributed by atoms with E-state index in [0.29, 0.717) is 16.7 Å². The Labute approximate surface area is 120 Å². The Morgan fingerprint density at radius 3 is 2.80 bits per heavy atom. The quantitative estimate of drug-likeness (QED) is 0.898. The van der Waals surface area contributed by atoms with E-state index in [1.54, 1.807) is 6.20 Å². The molecular formula is C12H15N5O2S. The molecule has 0 atom stereocenters. The highest BCUT2D eigenvalue weighted by Gasteiger charge is 2.08. The normalized spacial score (nSPS) is 10.2. The Hall–Kier alpha value is -2.22. The molecule has 0 saturated carbocycles. The molecular weight excluding hydrogens is 278 g/mol. The molecule has 2 aromatic rings. The molecule has 0 spiro atoms. The van der Waals surface area contributed by atoms with E-state index < -0.39 is 0 Å². The Kier molecular flexibility index (Phi) is 4.46. The standard InChI is InChI=1S/C12H15N5O2S/c1-7-8(2)20-12(15-7)17-11(18)14-5-9-4-13-6-10(16-9)19-3/h4,6H,5H2,1-3H3,(H2,14,15,17,18). The van der Waals surface area contributed by atoms with Crippen molar-refractivity contribution in [2.24, 2.45) is 0 Å². The lowest BCUT2D eigenvalue weighted by Gasteiger charge is -2.05. The number of nitrogens with one attached hydrogen (secondary N) is 2. The van der Waals surface area contributed by atoms with Crippen molar-refractivity contribution in [3.63, 3.8) is 0 Å². The van der Waals surface area contributed by atoms with Gasteiger partial charge in [0.2, 0.25) is 5.88 Å². The number of methoxy groups -OCH3 is 1. The van der Waals surface area contributed by atoms with Crippen LogP contribution >= 0.6 is 11.3 Å². The molecule has 20 heavy (non-hydrogen) atoms. The predicted octanol–water partition coefficient (Wildman–Crippen LogP) is 1.88. The number of hydrogen-bond donors (Lipinski definition) is 2. The average molecular weight is 293 g/mol. The van der Waals surface area contributed by atoms with Crippen LogP contribution in [0.1, 0.15) is 16.3 Å². The summed E-state index contributed by atoms with van der Waals surface area (Å²) in [6.45, 7) is 4.13. The lowest BCUT2D eigenvalue weighted by molar-refractivity contribution is 0.251. The van der Waals surface area contributed by atoms with E-state index in [0.717, 1.165) is 10.6 Å². The molecule has 0 aliphatic rings. The Balaban J connectivity index is 1.88. The molecule has 0 aromatic carbocycles. The number of nitrogens with zero attached hydrogens (tertiary/aromatic N) is 3. The molecule has 8 heteroatoms. The lowest BCUT2D eigenvalue weighted by Crippen LogP contribution is -2.28. The zero-order valence-corrected chi connectivity index (χ0v) is 12.2. The second-order valence-corrected chi connectivity index (χ2v) is 5.22. The minimum absolute atomic E-state index is 0.263. The fraction of sp³-hybridized carbons (Fsp3) is 0.333. The van der Waals surface area contributed by atoms with Gasteiger partial charge in [-0.15, -0.1) is 11.3 Å². The molecule has 2 aromatic heterocycles. The van der Waals surface area contributed by atoms with Crippen LogP contribution in [-0.4, -0.2) is 28.1 Å². The van der Waals surface area contributed by atoms with Gasteiger partial charge in [-0.25, -0.2) is 14.8 Å². The van der Waals surface area contributed by atoms with Gasteiger partial charge in [0.15, 0.2) is 5.13 Å². The van der Waals surface area contributed by atoms with Crippen LogP contribution in [0.4, 0.5) is 9.93 Å². The van der Waals surface area contributed by atoms with Crippen molar-refractivity contribution in [3.05, 3.63) is 28.7 Å². The SMILES string of the molecule is COc1cncc(CNC(=O)Nc2nc(C)c(C)s2)n1. The van der Waals surface area contributed by atoms with Crippen molar-refractivity contribution < 1.29 is 9.53 Å². The third-order valence-corrected chi connectivity index (χ3v) is 3.54. The first kappa shape index (κ1) is 14.2. The number of anilines is 1. The van der Waals surface area contributed by atoms with Gasteiger partial charge in [0.05, 0.1) is 37.4 Å². The summed E-state index contributed by atoms with van der Waals surface area (Å²) in [5.74, 6) is 0.413. The molecule has 0 aliphatic heterocycles. The first-order chi connectivity index (χ1) is 9.58. The van der Waals surface area contributed by atoms with E-state index in [-0.39, 0.29) is 12.6 Å². The number of amides is 2. The summed E-state index contributed by atoms with van der Waals surface area (Å²) >= 11 is 1.44. The van der Waals surface area contributed by atoms with Crippen molar-refractivity contribution >= 4 is 22.5 Å². The smallest absolute Gasteiger partial charge is 0.321 e. The fourth-order valence-corrected chi connectivity index (χ4v) is 2.22. The van der Waals surface area contributed by atoms with Crippen LogP contribution in [-0.2, 0) is 6.54 Å². The molecule has 2 N–H and O–H groups in total. The minimum Gasteiger partial charge on any atom is -0.480 e. The number of thiazole rings is 1. The Bertz CT molecular complexity index is 594. The van der Waals surface area contributed by atoms with E-state index in [9.17, 15) is 4.79 Å². The van der Waals surface area contributed by atoms with Crippen LogP contribution in [0.5, 0.6) is 5.88 Å². The number of aryl methyl sites for hydroxylation is 2. The number of urea groups is 1. The summed E-state index contributed by atoms with van der Waals surface area (Å²) in [4.78, 5) is 25.2. The van der Waals surface area contributed by atoms with Crippen molar-refractivity contribution in [1.29, 1.82) is 0 Å². The van der Waals surface area contributed by atoms with Crippen LogP contribution in [0, 0.1) is 13.8 Å². The van der Waals surface area contributed by atoms with Crippen molar-refractivity contribution in [2.45, 2.75) is 20.4 Å². The summed E-state index contributed by atoms with van der Waals surface area (Å²) in [5.41, 5.74) is 1.54. The summed E-state index contributed by atoms with van der Waals surface area (Å²) in [5, 5.41) is 5.94. The summed E-state index contributed by atoms with van der Waals surface area (Å²) in [6, 6.07) is -0.330. The average Bonchev–Trinajstić information content (AvgIpc) is 2.75. The molecule has 7 nitrogen and oxygen atoms in total. The topological polar surface area (TPSA) is 89.0 Å². The van der Waals surface area contributed by atoms with Crippen LogP contribution in [0.25, 0.3) is 0 Å². The molecule has 2 rings (SSSR count). The molecule has 0 unspecified atom stereocenters. The van der Waals surface area contributed by atoms with Crippen molar-refractivity contribution in [3.8, 4) is 5.88 Å². The van der Waals surface area contributed by atoms with Crippen molar-refractivity contribution in [2.75, 3.05) is 12.4 Å². The fourth-order valence-electron chi connectivity index (χ4n) is 1.41. The zero-order valence-electron chi connectivity index (χ0n) is 11.4. The van der Waals surface area contributed by atoms with Crippen LogP contribution in [0.2, 0.25) is 0 Å². The number of carbonyl (C=O) groups excluding carboxylic acids is 1. The maximum Gasteiger partial charge on any atom is 0.321 e. The van der Waals surface area contributed by atoms with Gasteiger partial charge in [0.1, 0.15) is 0 Å². The van der Waals surface area contributed by atoms with E-state index in [4.69, 9.17) is 4.74 Å². The first-order valence-corrected chi connectivity index (χ1v) is 6.74. The molecule has 0 aliphatic carbocycles. The van der Waals surface area contributed by atoms with E-state index in [1.807, 2.05) is 13.8 Å². The van der Waals surface area contributed by atoms with Crippen LogP contribution in [0.3, 0.4) is 0 Å². The van der Waals surface area contributed by atoms with E-state index in [1.165, 1.54) is 24.6 Å². The van der Waals surface area contributed by atoms with Crippen LogP contribution < -0.4 is 15.4 Å². The highest BCUT2D eigenvalue weighted by Crippen LogP contribution is 2.20. The van der Waals surface area contributed by atoms with Crippen molar-refractivity contribution in [1.82, 2.24) is 20.3 Å². The van der Waals surface area contributed by atoms with E-state index >= 15 is 0 Å². The molecule has 0 radical (unpaired) electrons. The maximum absolute atomic E-state index is 11.7. The maximum atomic E-state index is 11.7. The van der Waals surface area contributed by atoms with Gasteiger partial charge in [-0.1, -0.05) is 0 Å². The zero-order chi connectivity index (χ0) is 14.5. The molecule has 2 amide bonds. The highest BCUT2D eigenvalue weighted by molar-refractivity contribution is 7.15. The number of rotatable bonds is 4. The Morgan fingerprint density at radius 2 is 2.15 bits per heavy atom. The lowest BCUT2D eigenvalue weighted by atomic mass is 10.4. The van der Waals surface area contributed by atoms with Gasteiger partial charge in [-0.2, -0.15) is 0 Å². The molecule has 2 heterocycles. The third kappa shape index (κ3) is 3.64. The van der Waals surface area contributed by atoms with E-state index in [2.05, 4.69) is 25.6 Å². The van der Waals surface area contributed by atoms with Crippen LogP contribution in [0.15, 0.2) is 12.4 Å². The van der Waals surface area contributed by atoms with Gasteiger partial charge >= 0.3 is 6.03 Å².